The number of carbonyl (C=O) groups excluding carboxylic acids is 1. The average Bonchev–Trinajstić information content (AvgIpc) is 2.83. The van der Waals surface area contributed by atoms with Gasteiger partial charge in [-0.1, -0.05) is 60.7 Å². The molecule has 0 aliphatic heterocycles. The van der Waals surface area contributed by atoms with Crippen molar-refractivity contribution in [3.8, 4) is 11.3 Å². The van der Waals surface area contributed by atoms with Crippen molar-refractivity contribution < 1.29 is 4.79 Å². The maximum atomic E-state index is 13.3. The molecule has 0 radical (unpaired) electrons. The van der Waals surface area contributed by atoms with Crippen molar-refractivity contribution in [2.75, 3.05) is 0 Å². The molecular formula is C27H21N3O2. The second-order valence-corrected chi connectivity index (χ2v) is 7.74. The predicted octanol–water partition coefficient (Wildman–Crippen LogP) is 5.19. The highest BCUT2D eigenvalue weighted by molar-refractivity contribution is 6.08. The van der Waals surface area contributed by atoms with E-state index in [0.29, 0.717) is 22.3 Å². The van der Waals surface area contributed by atoms with E-state index >= 15 is 0 Å². The van der Waals surface area contributed by atoms with Crippen molar-refractivity contribution in [2.45, 2.75) is 19.9 Å². The van der Waals surface area contributed by atoms with Crippen molar-refractivity contribution in [3.05, 3.63) is 107 Å². The Hall–Kier alpha value is -4.12. The van der Waals surface area contributed by atoms with Crippen LogP contribution in [0.5, 0.6) is 0 Å². The summed E-state index contributed by atoms with van der Waals surface area (Å²) in [4.78, 5) is 35.6. The fraction of sp³-hybridized carbons (Fsp3) is 0.111. The van der Waals surface area contributed by atoms with Crippen LogP contribution in [0.1, 0.15) is 22.6 Å². The molecule has 5 nitrogen and oxygen atoms in total. The zero-order valence-electron chi connectivity index (χ0n) is 17.7. The summed E-state index contributed by atoms with van der Waals surface area (Å²) < 4.78 is 1.59. The van der Waals surface area contributed by atoms with Crippen LogP contribution in [0, 0.1) is 6.92 Å². The Balaban J connectivity index is 1.52. The number of rotatable bonds is 5. The second kappa shape index (κ2) is 8.19. The van der Waals surface area contributed by atoms with Gasteiger partial charge in [0, 0.05) is 29.5 Å². The molecule has 0 atom stereocenters. The predicted molar refractivity (Wildman–Crippen MR) is 127 cm³/mol. The summed E-state index contributed by atoms with van der Waals surface area (Å²) in [6.07, 6.45) is 0.197. The molecule has 156 valence electrons. The maximum absolute atomic E-state index is 13.3. The summed E-state index contributed by atoms with van der Waals surface area (Å²) in [7, 11) is 0. The quantitative estimate of drug-likeness (QED) is 0.368. The first-order chi connectivity index (χ1) is 15.6. The van der Waals surface area contributed by atoms with E-state index in [1.165, 1.54) is 0 Å². The third-order valence-electron chi connectivity index (χ3n) is 5.70. The number of aromatic nitrogens is 3. The van der Waals surface area contributed by atoms with E-state index in [0.717, 1.165) is 22.2 Å². The number of aryl methyl sites for hydroxylation is 1. The summed E-state index contributed by atoms with van der Waals surface area (Å²) in [5, 5.41) is 1.38. The molecule has 3 aromatic carbocycles. The number of para-hydroxylation sites is 2. The van der Waals surface area contributed by atoms with Crippen molar-refractivity contribution >= 4 is 27.6 Å². The van der Waals surface area contributed by atoms with Gasteiger partial charge in [0.1, 0.15) is 5.82 Å². The summed E-state index contributed by atoms with van der Waals surface area (Å²) in [6.45, 7) is 2.08. The van der Waals surface area contributed by atoms with Crippen LogP contribution in [0.4, 0.5) is 0 Å². The Kier molecular flexibility index (Phi) is 5.07. The van der Waals surface area contributed by atoms with Gasteiger partial charge < -0.3 is 0 Å². The van der Waals surface area contributed by atoms with Gasteiger partial charge >= 0.3 is 0 Å². The van der Waals surface area contributed by atoms with Gasteiger partial charge in [0.2, 0.25) is 0 Å². The third kappa shape index (κ3) is 3.58. The SMILES string of the molecule is Cc1nc2ccccc2c(=O)n1CCC(=O)c1cc(-c2ccccc2)nc2ccccc12. The summed E-state index contributed by atoms with van der Waals surface area (Å²) in [6, 6.07) is 26.6. The molecular weight excluding hydrogens is 398 g/mol. The van der Waals surface area contributed by atoms with Crippen LogP contribution in [0.25, 0.3) is 33.1 Å². The number of benzene rings is 3. The van der Waals surface area contributed by atoms with Crippen molar-refractivity contribution in [1.82, 2.24) is 14.5 Å². The number of Topliss-reactive ketones (excluding diaryl/α,β-unsaturated/α-hetero) is 1. The average molecular weight is 419 g/mol. The lowest BCUT2D eigenvalue weighted by Crippen LogP contribution is -2.25. The molecule has 2 heterocycles. The standard InChI is InChI=1S/C27H21N3O2/c1-18-28-24-14-8-6-12-21(24)27(32)30(18)16-15-26(31)22-17-25(19-9-3-2-4-10-19)29-23-13-7-5-11-20(22)23/h2-14,17H,15-16H2,1H3. The normalized spacial score (nSPS) is 11.2. The number of hydrogen-bond donors (Lipinski definition) is 0. The number of ketones is 1. The Labute approximate surface area is 185 Å². The maximum Gasteiger partial charge on any atom is 0.261 e. The van der Waals surface area contributed by atoms with Crippen LogP contribution >= 0.6 is 0 Å². The molecule has 0 aliphatic rings. The Morgan fingerprint density at radius 2 is 1.44 bits per heavy atom. The van der Waals surface area contributed by atoms with Gasteiger partial charge in [-0.2, -0.15) is 0 Å². The van der Waals surface area contributed by atoms with Gasteiger partial charge in [-0.25, -0.2) is 9.97 Å². The van der Waals surface area contributed by atoms with Crippen LogP contribution < -0.4 is 5.56 Å². The molecule has 0 unspecified atom stereocenters. The lowest BCUT2D eigenvalue weighted by Gasteiger charge is -2.12. The topological polar surface area (TPSA) is 64.8 Å². The number of nitrogens with zero attached hydrogens (tertiary/aromatic N) is 3. The second-order valence-electron chi connectivity index (χ2n) is 7.74. The minimum absolute atomic E-state index is 0.0276. The number of pyridine rings is 1. The van der Waals surface area contributed by atoms with Crippen molar-refractivity contribution in [2.24, 2.45) is 0 Å². The largest absolute Gasteiger partial charge is 0.296 e. The monoisotopic (exact) mass is 419 g/mol. The zero-order valence-corrected chi connectivity index (χ0v) is 17.7. The Morgan fingerprint density at radius 3 is 2.19 bits per heavy atom. The minimum Gasteiger partial charge on any atom is -0.296 e. The number of hydrogen-bond acceptors (Lipinski definition) is 4. The van der Waals surface area contributed by atoms with Crippen molar-refractivity contribution in [3.63, 3.8) is 0 Å². The van der Waals surface area contributed by atoms with E-state index in [1.54, 1.807) is 17.6 Å². The lowest BCUT2D eigenvalue weighted by atomic mass is 9.99. The molecule has 0 N–H and O–H groups in total. The number of carbonyl (C=O) groups is 1. The van der Waals surface area contributed by atoms with E-state index in [1.807, 2.05) is 78.9 Å². The molecule has 5 heteroatoms. The van der Waals surface area contributed by atoms with Gasteiger partial charge in [0.05, 0.1) is 22.1 Å². The first-order valence-corrected chi connectivity index (χ1v) is 10.6. The van der Waals surface area contributed by atoms with Crippen LogP contribution in [-0.2, 0) is 6.54 Å². The molecule has 0 saturated carbocycles. The van der Waals surface area contributed by atoms with Gasteiger partial charge in [-0.3, -0.25) is 14.2 Å². The number of fused-ring (bicyclic) bond motifs is 2. The van der Waals surface area contributed by atoms with Crippen LogP contribution in [0.2, 0.25) is 0 Å². The van der Waals surface area contributed by atoms with Gasteiger partial charge in [-0.05, 0) is 31.2 Å². The van der Waals surface area contributed by atoms with E-state index in [2.05, 4.69) is 4.98 Å². The van der Waals surface area contributed by atoms with E-state index in [-0.39, 0.29) is 24.3 Å². The Bertz CT molecular complexity index is 1520. The molecule has 5 rings (SSSR count). The summed E-state index contributed by atoms with van der Waals surface area (Å²) in [5.41, 5.74) is 3.66. The highest BCUT2D eigenvalue weighted by Gasteiger charge is 2.15. The molecule has 5 aromatic rings. The molecule has 2 aromatic heterocycles. The van der Waals surface area contributed by atoms with E-state index < -0.39 is 0 Å². The molecule has 32 heavy (non-hydrogen) atoms. The lowest BCUT2D eigenvalue weighted by molar-refractivity contribution is 0.0978. The van der Waals surface area contributed by atoms with Crippen LogP contribution in [0.15, 0.2) is 89.7 Å². The van der Waals surface area contributed by atoms with Crippen LogP contribution in [-0.4, -0.2) is 20.3 Å². The van der Waals surface area contributed by atoms with Crippen molar-refractivity contribution in [1.29, 1.82) is 0 Å². The molecule has 0 bridgehead atoms. The summed E-state index contributed by atoms with van der Waals surface area (Å²) in [5.74, 6) is 0.575. The molecule has 0 aliphatic carbocycles. The molecule has 0 amide bonds. The minimum atomic E-state index is -0.120. The molecule has 0 saturated heterocycles. The summed E-state index contributed by atoms with van der Waals surface area (Å²) >= 11 is 0. The van der Waals surface area contributed by atoms with E-state index in [4.69, 9.17) is 4.98 Å². The fourth-order valence-electron chi connectivity index (χ4n) is 4.05. The highest BCUT2D eigenvalue weighted by Crippen LogP contribution is 2.26. The molecule has 0 fully saturated rings. The Morgan fingerprint density at radius 1 is 0.812 bits per heavy atom. The van der Waals surface area contributed by atoms with Gasteiger partial charge in [0.25, 0.3) is 5.56 Å². The first-order valence-electron chi connectivity index (χ1n) is 10.6. The third-order valence-corrected chi connectivity index (χ3v) is 5.70. The van der Waals surface area contributed by atoms with Gasteiger partial charge in [-0.15, -0.1) is 0 Å². The fourth-order valence-corrected chi connectivity index (χ4v) is 4.05. The molecule has 0 spiro atoms. The highest BCUT2D eigenvalue weighted by atomic mass is 16.1. The van der Waals surface area contributed by atoms with E-state index in [9.17, 15) is 9.59 Å². The smallest absolute Gasteiger partial charge is 0.261 e. The van der Waals surface area contributed by atoms with Crippen LogP contribution in [0.3, 0.4) is 0 Å². The first kappa shape index (κ1) is 19.8. The van der Waals surface area contributed by atoms with Gasteiger partial charge in [0.15, 0.2) is 5.78 Å². The zero-order chi connectivity index (χ0) is 22.1.